The topological polar surface area (TPSA) is 35.5 Å². The highest BCUT2D eigenvalue weighted by Crippen LogP contribution is 2.35. The van der Waals surface area contributed by atoms with Crippen LogP contribution in [0.3, 0.4) is 0 Å². The third-order valence-electron chi connectivity index (χ3n) is 3.13. The molecule has 0 aliphatic carbocycles. The van der Waals surface area contributed by atoms with Crippen LogP contribution in [0.2, 0.25) is 0 Å². The summed E-state index contributed by atoms with van der Waals surface area (Å²) in [6.07, 6.45) is 0.731. The van der Waals surface area contributed by atoms with Crippen LogP contribution >= 0.6 is 0 Å². The Morgan fingerprint density at radius 2 is 2.21 bits per heavy atom. The molecule has 1 aromatic rings. The monoisotopic (exact) mass is 190 g/mol. The number of fused-ring (bicyclic) bond motifs is 3. The summed E-state index contributed by atoms with van der Waals surface area (Å²) in [7, 11) is 0. The van der Waals surface area contributed by atoms with Crippen molar-refractivity contribution < 1.29 is 5.11 Å². The summed E-state index contributed by atoms with van der Waals surface area (Å²) >= 11 is 0. The normalized spacial score (nSPS) is 29.4. The first-order chi connectivity index (χ1) is 6.84. The molecule has 3 heteroatoms. The van der Waals surface area contributed by atoms with Crippen LogP contribution in [0.4, 0.5) is 11.4 Å². The van der Waals surface area contributed by atoms with Gasteiger partial charge in [0.05, 0.1) is 17.5 Å². The molecule has 1 unspecified atom stereocenters. The van der Waals surface area contributed by atoms with Crippen molar-refractivity contribution >= 4 is 11.4 Å². The van der Waals surface area contributed by atoms with E-state index in [1.165, 1.54) is 11.4 Å². The summed E-state index contributed by atoms with van der Waals surface area (Å²) in [5.74, 6) is 0. The Balaban J connectivity index is 2.01. The van der Waals surface area contributed by atoms with Crippen molar-refractivity contribution in [1.29, 1.82) is 0 Å². The van der Waals surface area contributed by atoms with E-state index in [0.29, 0.717) is 6.04 Å². The Hall–Kier alpha value is -1.22. The summed E-state index contributed by atoms with van der Waals surface area (Å²) in [6, 6.07) is 8.77. The zero-order valence-electron chi connectivity index (χ0n) is 7.98. The first kappa shape index (κ1) is 8.12. The molecule has 1 aromatic carbocycles. The maximum Gasteiger partial charge on any atom is 0.0735 e. The first-order valence-electron chi connectivity index (χ1n) is 5.12. The van der Waals surface area contributed by atoms with E-state index in [1.807, 2.05) is 12.1 Å². The van der Waals surface area contributed by atoms with Crippen molar-refractivity contribution in [2.45, 2.75) is 18.6 Å². The van der Waals surface area contributed by atoms with E-state index < -0.39 is 0 Å². The second kappa shape index (κ2) is 2.89. The van der Waals surface area contributed by atoms with Gasteiger partial charge in [-0.3, -0.25) is 0 Å². The molecule has 3 rings (SSSR count). The van der Waals surface area contributed by atoms with Gasteiger partial charge in [-0.05, 0) is 18.6 Å². The van der Waals surface area contributed by atoms with Gasteiger partial charge in [0.15, 0.2) is 0 Å². The van der Waals surface area contributed by atoms with Crippen LogP contribution in [0.1, 0.15) is 6.42 Å². The molecule has 0 radical (unpaired) electrons. The number of nitrogens with zero attached hydrogens (tertiary/aromatic N) is 1. The van der Waals surface area contributed by atoms with Gasteiger partial charge in [-0.1, -0.05) is 12.1 Å². The van der Waals surface area contributed by atoms with E-state index >= 15 is 0 Å². The minimum atomic E-state index is -0.159. The largest absolute Gasteiger partial charge is 0.391 e. The molecule has 0 saturated carbocycles. The molecule has 2 atom stereocenters. The molecular weight excluding hydrogens is 176 g/mol. The number of anilines is 2. The number of benzene rings is 1. The molecule has 2 heterocycles. The van der Waals surface area contributed by atoms with E-state index in [4.69, 9.17) is 0 Å². The fourth-order valence-electron chi connectivity index (χ4n) is 2.48. The third-order valence-corrected chi connectivity index (χ3v) is 3.13. The Morgan fingerprint density at radius 3 is 3.14 bits per heavy atom. The van der Waals surface area contributed by atoms with Crippen LogP contribution in [-0.2, 0) is 0 Å². The van der Waals surface area contributed by atoms with Crippen molar-refractivity contribution in [3.8, 4) is 0 Å². The molecular formula is C11H14N2O. The van der Waals surface area contributed by atoms with Gasteiger partial charge >= 0.3 is 0 Å². The first-order valence-corrected chi connectivity index (χ1v) is 5.12. The van der Waals surface area contributed by atoms with Gasteiger partial charge in [-0.2, -0.15) is 0 Å². The predicted octanol–water partition coefficient (Wildman–Crippen LogP) is 1.05. The molecule has 3 nitrogen and oxygen atoms in total. The molecule has 14 heavy (non-hydrogen) atoms. The Morgan fingerprint density at radius 1 is 1.36 bits per heavy atom. The molecule has 0 bridgehead atoms. The van der Waals surface area contributed by atoms with Crippen LogP contribution in [0, 0.1) is 0 Å². The summed E-state index contributed by atoms with van der Waals surface area (Å²) in [5, 5.41) is 13.0. The second-order valence-electron chi connectivity index (χ2n) is 4.09. The van der Waals surface area contributed by atoms with Gasteiger partial charge in [0.25, 0.3) is 0 Å². The summed E-state index contributed by atoms with van der Waals surface area (Å²) in [4.78, 5) is 2.32. The van der Waals surface area contributed by atoms with Crippen LogP contribution < -0.4 is 10.2 Å². The number of aliphatic hydroxyl groups excluding tert-OH is 1. The lowest BCUT2D eigenvalue weighted by Crippen LogP contribution is -2.39. The highest BCUT2D eigenvalue weighted by Gasteiger charge is 2.34. The standard InChI is InChI=1S/C11H14N2O/c14-9-5-8-6-12-10-3-1-2-4-11(10)13(8)7-9/h1-4,8-9,12,14H,5-7H2/t8-,9?/m0/s1. The maximum absolute atomic E-state index is 9.62. The van der Waals surface area contributed by atoms with Crippen LogP contribution in [0.15, 0.2) is 24.3 Å². The molecule has 1 fully saturated rings. The highest BCUT2D eigenvalue weighted by atomic mass is 16.3. The molecule has 0 aromatic heterocycles. The van der Waals surface area contributed by atoms with E-state index in [-0.39, 0.29) is 6.10 Å². The fraction of sp³-hybridized carbons (Fsp3) is 0.455. The molecule has 2 N–H and O–H groups in total. The van der Waals surface area contributed by atoms with E-state index in [1.54, 1.807) is 0 Å². The summed E-state index contributed by atoms with van der Waals surface area (Å²) < 4.78 is 0. The molecule has 0 spiro atoms. The SMILES string of the molecule is OC1C[C@H]2CNc3ccccc3N2C1. The Kier molecular flexibility index (Phi) is 1.67. The average molecular weight is 190 g/mol. The minimum absolute atomic E-state index is 0.159. The number of rotatable bonds is 0. The summed E-state index contributed by atoms with van der Waals surface area (Å²) in [5.41, 5.74) is 2.43. The quantitative estimate of drug-likeness (QED) is 0.642. The van der Waals surface area contributed by atoms with Crippen molar-refractivity contribution in [2.75, 3.05) is 23.3 Å². The predicted molar refractivity (Wildman–Crippen MR) is 56.7 cm³/mol. The lowest BCUT2D eigenvalue weighted by molar-refractivity contribution is 0.195. The number of para-hydroxylation sites is 2. The lowest BCUT2D eigenvalue weighted by Gasteiger charge is -2.34. The minimum Gasteiger partial charge on any atom is -0.391 e. The van der Waals surface area contributed by atoms with Crippen LogP contribution in [0.5, 0.6) is 0 Å². The third kappa shape index (κ3) is 1.09. The van der Waals surface area contributed by atoms with E-state index in [9.17, 15) is 5.11 Å². The van der Waals surface area contributed by atoms with Gasteiger partial charge in [0, 0.05) is 19.1 Å². The molecule has 1 saturated heterocycles. The van der Waals surface area contributed by atoms with E-state index in [2.05, 4.69) is 22.3 Å². The van der Waals surface area contributed by atoms with Gasteiger partial charge in [-0.25, -0.2) is 0 Å². The maximum atomic E-state index is 9.62. The molecule has 0 amide bonds. The Bertz CT molecular complexity index is 353. The van der Waals surface area contributed by atoms with Gasteiger partial charge in [-0.15, -0.1) is 0 Å². The smallest absolute Gasteiger partial charge is 0.0735 e. The number of aliphatic hydroxyl groups is 1. The molecule has 2 aliphatic rings. The molecule has 2 aliphatic heterocycles. The fourth-order valence-corrected chi connectivity index (χ4v) is 2.48. The van der Waals surface area contributed by atoms with E-state index in [0.717, 1.165) is 19.5 Å². The number of hydrogen-bond acceptors (Lipinski definition) is 3. The molecule has 74 valence electrons. The number of hydrogen-bond donors (Lipinski definition) is 2. The van der Waals surface area contributed by atoms with Crippen molar-refractivity contribution in [3.63, 3.8) is 0 Å². The lowest BCUT2D eigenvalue weighted by atomic mass is 10.1. The van der Waals surface area contributed by atoms with Crippen molar-refractivity contribution in [1.82, 2.24) is 0 Å². The second-order valence-corrected chi connectivity index (χ2v) is 4.09. The highest BCUT2D eigenvalue weighted by molar-refractivity contribution is 5.73. The van der Waals surface area contributed by atoms with Crippen molar-refractivity contribution in [2.24, 2.45) is 0 Å². The zero-order chi connectivity index (χ0) is 9.54. The van der Waals surface area contributed by atoms with Gasteiger partial charge in [0.2, 0.25) is 0 Å². The van der Waals surface area contributed by atoms with Gasteiger partial charge in [0.1, 0.15) is 0 Å². The number of nitrogens with one attached hydrogen (secondary N) is 1. The van der Waals surface area contributed by atoms with Gasteiger partial charge < -0.3 is 15.3 Å². The summed E-state index contributed by atoms with van der Waals surface area (Å²) in [6.45, 7) is 1.73. The zero-order valence-corrected chi connectivity index (χ0v) is 7.98. The Labute approximate surface area is 83.3 Å². The average Bonchev–Trinajstić information content (AvgIpc) is 2.59. The van der Waals surface area contributed by atoms with Crippen molar-refractivity contribution in [3.05, 3.63) is 24.3 Å². The van der Waals surface area contributed by atoms with Crippen LogP contribution in [-0.4, -0.2) is 30.3 Å². The van der Waals surface area contributed by atoms with Crippen LogP contribution in [0.25, 0.3) is 0 Å².